The van der Waals surface area contributed by atoms with E-state index in [4.69, 9.17) is 9.47 Å². The molecule has 11 aromatic rings. The van der Waals surface area contributed by atoms with Crippen LogP contribution in [0.2, 0.25) is 0 Å². The zero-order chi connectivity index (χ0) is 45.5. The molecule has 2 aliphatic carbocycles. The van der Waals surface area contributed by atoms with Crippen LogP contribution in [0.3, 0.4) is 0 Å². The van der Waals surface area contributed by atoms with Crippen molar-refractivity contribution in [1.29, 1.82) is 0 Å². The van der Waals surface area contributed by atoms with E-state index in [1.807, 2.05) is 0 Å². The summed E-state index contributed by atoms with van der Waals surface area (Å²) in [6, 6.07) is 68.4. The van der Waals surface area contributed by atoms with E-state index < -0.39 is 5.41 Å². The van der Waals surface area contributed by atoms with E-state index in [-0.39, 0.29) is 6.71 Å². The van der Waals surface area contributed by atoms with Gasteiger partial charge in [0.1, 0.15) is 23.0 Å². The minimum Gasteiger partial charge on any atom is -0.457 e. The van der Waals surface area contributed by atoms with Gasteiger partial charge in [0, 0.05) is 61.7 Å². The fourth-order valence-corrected chi connectivity index (χ4v) is 12.5. The van der Waals surface area contributed by atoms with E-state index >= 15 is 0 Å². The van der Waals surface area contributed by atoms with Gasteiger partial charge in [-0.05, 0) is 113 Å². The molecule has 9 aromatic carbocycles. The minimum absolute atomic E-state index is 0.152. The number of hydrogen-bond acceptors (Lipinski definition) is 3. The van der Waals surface area contributed by atoms with E-state index in [9.17, 15) is 0 Å². The van der Waals surface area contributed by atoms with Crippen molar-refractivity contribution < 1.29 is 9.47 Å². The molecule has 0 radical (unpaired) electrons. The van der Waals surface area contributed by atoms with Crippen molar-refractivity contribution in [2.24, 2.45) is 0 Å². The summed E-state index contributed by atoms with van der Waals surface area (Å²) in [5.74, 6) is 3.59. The smallest absolute Gasteiger partial charge is 0.260 e. The van der Waals surface area contributed by atoms with Crippen molar-refractivity contribution in [1.82, 2.24) is 9.13 Å². The number of allylic oxidation sites excluding steroid dienone is 4. The number of aromatic nitrogens is 2. The van der Waals surface area contributed by atoms with Gasteiger partial charge in [-0.15, -0.1) is 0 Å². The first-order valence-electron chi connectivity index (χ1n) is 24.2. The summed E-state index contributed by atoms with van der Waals surface area (Å²) in [7, 11) is 0. The highest BCUT2D eigenvalue weighted by atomic mass is 16.5. The Morgan fingerprint density at radius 3 is 1.86 bits per heavy atom. The molecule has 326 valence electrons. The normalized spacial score (nSPS) is 14.8. The van der Waals surface area contributed by atoms with Crippen LogP contribution in [0.4, 0.5) is 17.1 Å². The lowest BCUT2D eigenvalue weighted by atomic mass is 9.34. The van der Waals surface area contributed by atoms with Crippen LogP contribution in [0, 0.1) is 0 Å². The van der Waals surface area contributed by atoms with Crippen LogP contribution in [-0.4, -0.2) is 15.8 Å². The van der Waals surface area contributed by atoms with Gasteiger partial charge in [-0.2, -0.15) is 0 Å². The molecular formula is C63H44BN3O2. The molecular weight excluding hydrogens is 842 g/mol. The molecule has 0 spiro atoms. The van der Waals surface area contributed by atoms with E-state index in [2.05, 4.69) is 234 Å². The zero-order valence-corrected chi connectivity index (χ0v) is 38.3. The average Bonchev–Trinajstić information content (AvgIpc) is 4.00. The second kappa shape index (κ2) is 14.3. The van der Waals surface area contributed by atoms with Crippen molar-refractivity contribution >= 4 is 89.5 Å². The molecule has 4 heterocycles. The third kappa shape index (κ3) is 5.31. The third-order valence-corrected chi connectivity index (χ3v) is 15.4. The maximum absolute atomic E-state index is 7.77. The second-order valence-electron chi connectivity index (χ2n) is 19.5. The molecule has 6 heteroatoms. The molecule has 0 saturated heterocycles. The minimum atomic E-state index is -0.409. The Kier molecular flexibility index (Phi) is 7.99. The summed E-state index contributed by atoms with van der Waals surface area (Å²) in [6.07, 6.45) is 8.67. The SMILES string of the molecule is CC1(C)c2cc(N(c3ccccc3)c3ccccc3)ccc2-c2ccc3c(c21)Oc1c2c(cc4c1c1ccccc1n4C1=CC=CCC1)Oc1c(ccc4c1c1ccccc1n4-c1ccccc1)B32. The lowest BCUT2D eigenvalue weighted by molar-refractivity contribution is 0.461. The van der Waals surface area contributed by atoms with Crippen molar-refractivity contribution in [3.8, 4) is 39.8 Å². The average molecular weight is 886 g/mol. The van der Waals surface area contributed by atoms with Gasteiger partial charge in [0.15, 0.2) is 0 Å². The highest BCUT2D eigenvalue weighted by Gasteiger charge is 2.48. The number of rotatable bonds is 5. The maximum Gasteiger partial charge on any atom is 0.260 e. The Balaban J connectivity index is 1.00. The predicted octanol–water partition coefficient (Wildman–Crippen LogP) is 14.6. The second-order valence-corrected chi connectivity index (χ2v) is 19.5. The monoisotopic (exact) mass is 885 g/mol. The summed E-state index contributed by atoms with van der Waals surface area (Å²) < 4.78 is 20.1. The Hall–Kier alpha value is -8.48. The van der Waals surface area contributed by atoms with Crippen molar-refractivity contribution in [3.05, 3.63) is 217 Å². The molecule has 0 saturated carbocycles. The maximum atomic E-state index is 7.77. The number of para-hydroxylation sites is 5. The standard InChI is InChI=1S/C63H44BN3O2/c1-63(2)48-37-43(65(39-19-7-3-8-20-39)40-21-9-4-10-22-40)31-32-44(48)45-33-34-50-61(58(45)63)69-62-57-47-28-16-18-30-52(47)67(42-25-13-6-14-26-42)54(57)38-55-59(62)64(50)49-35-36-53-56(60(49)68-55)46-27-15-17-29-51(46)66(53)41-23-11-5-12-24-41/h3-13,15-25,27-38H,14,26H2,1-2H3. The molecule has 5 nitrogen and oxygen atoms in total. The van der Waals surface area contributed by atoms with E-state index in [0.717, 1.165) is 102 Å². The van der Waals surface area contributed by atoms with Gasteiger partial charge in [-0.1, -0.05) is 141 Å². The summed E-state index contributed by atoms with van der Waals surface area (Å²) in [5.41, 5.74) is 18.2. The van der Waals surface area contributed by atoms with Gasteiger partial charge in [-0.25, -0.2) is 0 Å². The number of benzene rings is 9. The van der Waals surface area contributed by atoms with Gasteiger partial charge in [-0.3, -0.25) is 0 Å². The number of ether oxygens (including phenoxy) is 2. The lowest BCUT2D eigenvalue weighted by Crippen LogP contribution is -2.57. The quantitative estimate of drug-likeness (QED) is 0.161. The predicted molar refractivity (Wildman–Crippen MR) is 286 cm³/mol. The molecule has 69 heavy (non-hydrogen) atoms. The van der Waals surface area contributed by atoms with Gasteiger partial charge in [0.2, 0.25) is 0 Å². The first-order valence-corrected chi connectivity index (χ1v) is 24.2. The lowest BCUT2D eigenvalue weighted by Gasteiger charge is -2.36. The van der Waals surface area contributed by atoms with Gasteiger partial charge in [0.25, 0.3) is 6.71 Å². The molecule has 4 aliphatic rings. The van der Waals surface area contributed by atoms with Gasteiger partial charge in [0.05, 0.1) is 32.8 Å². The topological polar surface area (TPSA) is 31.6 Å². The van der Waals surface area contributed by atoms with Crippen LogP contribution in [0.25, 0.3) is 66.1 Å². The highest BCUT2D eigenvalue weighted by Crippen LogP contribution is 2.56. The van der Waals surface area contributed by atoms with Crippen molar-refractivity contribution in [2.45, 2.75) is 32.1 Å². The van der Waals surface area contributed by atoms with E-state index in [0.29, 0.717) is 0 Å². The first-order chi connectivity index (χ1) is 34.0. The molecule has 0 fully saturated rings. The molecule has 2 aromatic heterocycles. The molecule has 0 amide bonds. The van der Waals surface area contributed by atoms with Crippen molar-refractivity contribution in [2.75, 3.05) is 4.90 Å². The molecule has 0 N–H and O–H groups in total. The van der Waals surface area contributed by atoms with Crippen LogP contribution < -0.4 is 30.8 Å². The van der Waals surface area contributed by atoms with Gasteiger partial charge < -0.3 is 23.5 Å². The number of hydrogen-bond donors (Lipinski definition) is 0. The first kappa shape index (κ1) is 38.6. The highest BCUT2D eigenvalue weighted by molar-refractivity contribution is 6.98. The molecule has 0 bridgehead atoms. The van der Waals surface area contributed by atoms with E-state index in [1.54, 1.807) is 0 Å². The summed E-state index contributed by atoms with van der Waals surface area (Å²) in [5, 5.41) is 4.59. The summed E-state index contributed by atoms with van der Waals surface area (Å²) in [4.78, 5) is 2.36. The Morgan fingerprint density at radius 2 is 1.14 bits per heavy atom. The number of anilines is 3. The van der Waals surface area contributed by atoms with E-state index in [1.165, 1.54) is 44.2 Å². The summed E-state index contributed by atoms with van der Waals surface area (Å²) >= 11 is 0. The summed E-state index contributed by atoms with van der Waals surface area (Å²) in [6.45, 7) is 4.62. The Bertz CT molecular complexity index is 4010. The van der Waals surface area contributed by atoms with Crippen LogP contribution in [0.1, 0.15) is 37.8 Å². The zero-order valence-electron chi connectivity index (χ0n) is 38.3. The molecule has 0 unspecified atom stereocenters. The molecule has 15 rings (SSSR count). The number of fused-ring (bicyclic) bond motifs is 16. The van der Waals surface area contributed by atoms with Crippen LogP contribution >= 0.6 is 0 Å². The van der Waals surface area contributed by atoms with Crippen LogP contribution in [0.15, 0.2) is 206 Å². The fourth-order valence-electron chi connectivity index (χ4n) is 12.5. The Morgan fingerprint density at radius 1 is 0.522 bits per heavy atom. The molecule has 0 atom stereocenters. The van der Waals surface area contributed by atoms with Crippen LogP contribution in [0.5, 0.6) is 23.0 Å². The molecule has 2 aliphatic heterocycles. The van der Waals surface area contributed by atoms with Crippen LogP contribution in [-0.2, 0) is 5.41 Å². The fraction of sp³-hybridized carbons (Fsp3) is 0.0794. The largest absolute Gasteiger partial charge is 0.457 e. The third-order valence-electron chi connectivity index (χ3n) is 15.4. The Labute approximate surface area is 400 Å². The van der Waals surface area contributed by atoms with Crippen molar-refractivity contribution in [3.63, 3.8) is 0 Å². The van der Waals surface area contributed by atoms with Gasteiger partial charge >= 0.3 is 0 Å². The number of nitrogens with zero attached hydrogens (tertiary/aromatic N) is 3.